The summed E-state index contributed by atoms with van der Waals surface area (Å²) in [5.74, 6) is 0.938. The highest BCUT2D eigenvalue weighted by molar-refractivity contribution is 7.07. The first-order valence-corrected chi connectivity index (χ1v) is 7.55. The number of aryl methyl sites for hydroxylation is 1. The molecular formula is C12H17ClN4OS. The maximum atomic E-state index is 11.0. The van der Waals surface area contributed by atoms with Crippen molar-refractivity contribution >= 4 is 22.9 Å². The molecule has 0 radical (unpaired) electrons. The molecule has 0 aliphatic carbocycles. The third-order valence-corrected chi connectivity index (χ3v) is 3.76. The van der Waals surface area contributed by atoms with Crippen LogP contribution >= 0.6 is 22.9 Å². The quantitative estimate of drug-likeness (QED) is 0.735. The average Bonchev–Trinajstić information content (AvgIpc) is 2.94. The van der Waals surface area contributed by atoms with Crippen molar-refractivity contribution in [3.63, 3.8) is 0 Å². The van der Waals surface area contributed by atoms with Gasteiger partial charge in [0.2, 0.25) is 0 Å². The number of rotatable bonds is 7. The second-order valence-electron chi connectivity index (χ2n) is 4.33. The Bertz CT molecular complexity index is 574. The fourth-order valence-corrected chi connectivity index (χ4v) is 2.54. The van der Waals surface area contributed by atoms with Crippen LogP contribution in [0.5, 0.6) is 0 Å². The molecule has 7 heteroatoms. The number of halogens is 1. The number of unbranched alkanes of at least 4 members (excludes halogenated alkanes) is 1. The lowest BCUT2D eigenvalue weighted by Gasteiger charge is -2.01. The summed E-state index contributed by atoms with van der Waals surface area (Å²) in [7, 11) is 0. The average molecular weight is 301 g/mol. The summed E-state index contributed by atoms with van der Waals surface area (Å²) in [5.41, 5.74) is 1.78. The standard InChI is InChI=1S/C12H17ClN4OS/c1-2-3-4-10-16-9(11(13)17-10)6-14-5-8-7-19-12(18)15-8/h7,14H,2-6H2,1H3,(H,15,18)(H,16,17). The zero-order valence-electron chi connectivity index (χ0n) is 10.8. The van der Waals surface area contributed by atoms with Crippen LogP contribution in [0.3, 0.4) is 0 Å². The minimum absolute atomic E-state index is 0.0294. The Morgan fingerprint density at radius 1 is 1.42 bits per heavy atom. The van der Waals surface area contributed by atoms with Crippen molar-refractivity contribution in [1.29, 1.82) is 0 Å². The summed E-state index contributed by atoms with van der Waals surface area (Å²) in [6.07, 6.45) is 3.17. The molecule has 2 heterocycles. The summed E-state index contributed by atoms with van der Waals surface area (Å²) in [6, 6.07) is 0. The van der Waals surface area contributed by atoms with Gasteiger partial charge < -0.3 is 15.3 Å². The van der Waals surface area contributed by atoms with Gasteiger partial charge in [-0.3, -0.25) is 4.79 Å². The van der Waals surface area contributed by atoms with Crippen LogP contribution in [0.25, 0.3) is 0 Å². The number of aromatic nitrogens is 3. The second kappa shape index (κ2) is 6.88. The maximum absolute atomic E-state index is 11.0. The molecule has 0 aliphatic rings. The van der Waals surface area contributed by atoms with E-state index in [1.165, 1.54) is 11.3 Å². The van der Waals surface area contributed by atoms with Gasteiger partial charge in [-0.05, 0) is 6.42 Å². The predicted molar refractivity (Wildman–Crippen MR) is 77.7 cm³/mol. The molecule has 0 aromatic carbocycles. The molecule has 5 nitrogen and oxygen atoms in total. The molecule has 0 aliphatic heterocycles. The Kier molecular flexibility index (Phi) is 5.18. The third-order valence-electron chi connectivity index (χ3n) is 2.73. The van der Waals surface area contributed by atoms with Crippen LogP contribution < -0.4 is 10.2 Å². The van der Waals surface area contributed by atoms with Gasteiger partial charge in [0.15, 0.2) is 5.15 Å². The Balaban J connectivity index is 1.85. The van der Waals surface area contributed by atoms with Gasteiger partial charge in [-0.2, -0.15) is 0 Å². The van der Waals surface area contributed by atoms with Crippen molar-refractivity contribution in [3.05, 3.63) is 37.4 Å². The predicted octanol–water partition coefficient (Wildman–Crippen LogP) is 2.45. The zero-order valence-corrected chi connectivity index (χ0v) is 12.3. The maximum Gasteiger partial charge on any atom is 0.304 e. The van der Waals surface area contributed by atoms with Crippen molar-refractivity contribution in [2.45, 2.75) is 39.3 Å². The number of nitrogens with one attached hydrogen (secondary N) is 3. The van der Waals surface area contributed by atoms with E-state index in [0.29, 0.717) is 18.2 Å². The lowest BCUT2D eigenvalue weighted by Crippen LogP contribution is -2.14. The topological polar surface area (TPSA) is 73.6 Å². The van der Waals surface area contributed by atoms with E-state index < -0.39 is 0 Å². The molecule has 0 bridgehead atoms. The van der Waals surface area contributed by atoms with E-state index in [4.69, 9.17) is 11.6 Å². The van der Waals surface area contributed by atoms with Crippen LogP contribution in [0.15, 0.2) is 10.2 Å². The van der Waals surface area contributed by atoms with Crippen LogP contribution in [0, 0.1) is 0 Å². The molecular weight excluding hydrogens is 284 g/mol. The van der Waals surface area contributed by atoms with Crippen LogP contribution in [0.4, 0.5) is 0 Å². The first-order chi connectivity index (χ1) is 9.19. The second-order valence-corrected chi connectivity index (χ2v) is 5.53. The van der Waals surface area contributed by atoms with Crippen LogP contribution in [-0.4, -0.2) is 15.0 Å². The summed E-state index contributed by atoms with van der Waals surface area (Å²) >= 11 is 7.24. The highest BCUT2D eigenvalue weighted by atomic mass is 35.5. The van der Waals surface area contributed by atoms with Crippen LogP contribution in [0.1, 0.15) is 37.0 Å². The van der Waals surface area contributed by atoms with E-state index in [9.17, 15) is 4.79 Å². The molecule has 0 atom stereocenters. The molecule has 0 spiro atoms. The lowest BCUT2D eigenvalue weighted by molar-refractivity contribution is 0.668. The number of hydrogen-bond donors (Lipinski definition) is 3. The summed E-state index contributed by atoms with van der Waals surface area (Å²) in [4.78, 5) is 21.2. The molecule has 104 valence electrons. The molecule has 2 rings (SSSR count). The van der Waals surface area contributed by atoms with Gasteiger partial charge in [0.25, 0.3) is 0 Å². The van der Waals surface area contributed by atoms with Gasteiger partial charge in [0.05, 0.1) is 5.69 Å². The van der Waals surface area contributed by atoms with Gasteiger partial charge in [-0.25, -0.2) is 4.98 Å². The van der Waals surface area contributed by atoms with E-state index in [0.717, 1.165) is 36.5 Å². The third kappa shape index (κ3) is 4.19. The highest BCUT2D eigenvalue weighted by Gasteiger charge is 2.07. The van der Waals surface area contributed by atoms with E-state index >= 15 is 0 Å². The fraction of sp³-hybridized carbons (Fsp3) is 0.500. The van der Waals surface area contributed by atoms with Gasteiger partial charge in [-0.15, -0.1) is 0 Å². The van der Waals surface area contributed by atoms with Gasteiger partial charge in [-0.1, -0.05) is 36.3 Å². The molecule has 2 aromatic rings. The molecule has 0 saturated heterocycles. The normalized spacial score (nSPS) is 11.1. The monoisotopic (exact) mass is 300 g/mol. The molecule has 2 aromatic heterocycles. The Morgan fingerprint density at radius 3 is 2.95 bits per heavy atom. The SMILES string of the molecule is CCCCc1nc(Cl)c(CNCc2csc(=O)[nH]2)[nH]1. The summed E-state index contributed by atoms with van der Waals surface area (Å²) in [5, 5.41) is 5.56. The van der Waals surface area contributed by atoms with Crippen molar-refractivity contribution in [1.82, 2.24) is 20.3 Å². The van der Waals surface area contributed by atoms with Crippen molar-refractivity contribution in [2.75, 3.05) is 0 Å². The first-order valence-electron chi connectivity index (χ1n) is 6.29. The Labute approximate surface area is 120 Å². The van der Waals surface area contributed by atoms with E-state index in [2.05, 4.69) is 27.2 Å². The van der Waals surface area contributed by atoms with Crippen LogP contribution in [0.2, 0.25) is 5.15 Å². The van der Waals surface area contributed by atoms with Crippen LogP contribution in [-0.2, 0) is 19.5 Å². The van der Waals surface area contributed by atoms with Gasteiger partial charge in [0.1, 0.15) is 5.82 Å². The molecule has 0 fully saturated rings. The minimum Gasteiger partial charge on any atom is -0.344 e. The molecule has 0 unspecified atom stereocenters. The fourth-order valence-electron chi connectivity index (χ4n) is 1.74. The minimum atomic E-state index is -0.0294. The number of hydrogen-bond acceptors (Lipinski definition) is 4. The summed E-state index contributed by atoms with van der Waals surface area (Å²) < 4.78 is 0. The number of aromatic amines is 2. The molecule has 0 amide bonds. The van der Waals surface area contributed by atoms with Crippen molar-refractivity contribution in [3.8, 4) is 0 Å². The Morgan fingerprint density at radius 2 is 2.26 bits per heavy atom. The Hall–Kier alpha value is -1.11. The first kappa shape index (κ1) is 14.3. The smallest absolute Gasteiger partial charge is 0.304 e. The van der Waals surface area contributed by atoms with Crippen molar-refractivity contribution in [2.24, 2.45) is 0 Å². The van der Waals surface area contributed by atoms with Crippen molar-refractivity contribution < 1.29 is 0 Å². The van der Waals surface area contributed by atoms with E-state index in [1.54, 1.807) is 0 Å². The number of nitrogens with zero attached hydrogens (tertiary/aromatic N) is 1. The van der Waals surface area contributed by atoms with Gasteiger partial charge in [0, 0.05) is 30.6 Å². The zero-order chi connectivity index (χ0) is 13.7. The van der Waals surface area contributed by atoms with Gasteiger partial charge >= 0.3 is 4.87 Å². The number of thiazole rings is 1. The number of H-pyrrole nitrogens is 2. The highest BCUT2D eigenvalue weighted by Crippen LogP contribution is 2.14. The number of imidazole rings is 1. The molecule has 0 saturated carbocycles. The molecule has 3 N–H and O–H groups in total. The summed E-state index contributed by atoms with van der Waals surface area (Å²) in [6.45, 7) is 3.36. The van der Waals surface area contributed by atoms with E-state index in [-0.39, 0.29) is 4.87 Å². The van der Waals surface area contributed by atoms with E-state index in [1.807, 2.05) is 5.38 Å². The lowest BCUT2D eigenvalue weighted by atomic mass is 10.2. The molecule has 19 heavy (non-hydrogen) atoms. The largest absolute Gasteiger partial charge is 0.344 e.